The lowest BCUT2D eigenvalue weighted by Gasteiger charge is -2.10. The third kappa shape index (κ3) is 3.71. The van der Waals surface area contributed by atoms with Crippen molar-refractivity contribution in [1.29, 1.82) is 0 Å². The van der Waals surface area contributed by atoms with E-state index in [9.17, 15) is 0 Å². The van der Waals surface area contributed by atoms with Gasteiger partial charge in [0.15, 0.2) is 0 Å². The average molecular weight is 333 g/mol. The Balaban J connectivity index is 1.66. The first-order chi connectivity index (χ1) is 12.3. The zero-order valence-electron chi connectivity index (χ0n) is 14.0. The van der Waals surface area contributed by atoms with Crippen LogP contribution in [-0.2, 0) is 6.42 Å². The highest BCUT2D eigenvalue weighted by atomic mass is 15.1. The molecule has 4 rings (SSSR count). The lowest BCUT2D eigenvalue weighted by atomic mass is 10.1. The number of anilines is 3. The van der Waals surface area contributed by atoms with E-state index in [1.165, 1.54) is 12.8 Å². The van der Waals surface area contributed by atoms with E-state index < -0.39 is 0 Å². The largest absolute Gasteiger partial charge is 0.357 e. The van der Waals surface area contributed by atoms with E-state index in [1.807, 2.05) is 31.4 Å². The topological polar surface area (TPSA) is 88.5 Å². The van der Waals surface area contributed by atoms with Crippen LogP contribution in [0.5, 0.6) is 0 Å². The van der Waals surface area contributed by atoms with Gasteiger partial charge in [-0.1, -0.05) is 0 Å². The molecule has 0 unspecified atom stereocenters. The lowest BCUT2D eigenvalue weighted by Crippen LogP contribution is -2.05. The number of hydrogen-bond acceptors (Lipinski definition) is 7. The molecule has 2 N–H and O–H groups in total. The maximum absolute atomic E-state index is 4.65. The molecule has 3 aromatic heterocycles. The maximum Gasteiger partial charge on any atom is 0.227 e. The molecule has 0 spiro atoms. The van der Waals surface area contributed by atoms with Crippen molar-refractivity contribution < 1.29 is 0 Å². The molecule has 0 aromatic carbocycles. The number of pyridine rings is 1. The van der Waals surface area contributed by atoms with Crippen LogP contribution in [0.3, 0.4) is 0 Å². The second-order valence-corrected chi connectivity index (χ2v) is 6.08. The van der Waals surface area contributed by atoms with Crippen molar-refractivity contribution in [1.82, 2.24) is 24.9 Å². The second kappa shape index (κ2) is 6.80. The van der Waals surface area contributed by atoms with Crippen molar-refractivity contribution in [2.75, 3.05) is 17.7 Å². The van der Waals surface area contributed by atoms with Gasteiger partial charge in [-0.05, 0) is 43.4 Å². The predicted octanol–water partition coefficient (Wildman–Crippen LogP) is 3.07. The minimum atomic E-state index is 0.528. The lowest BCUT2D eigenvalue weighted by molar-refractivity contribution is 0.801. The van der Waals surface area contributed by atoms with Crippen molar-refractivity contribution >= 4 is 17.6 Å². The van der Waals surface area contributed by atoms with Gasteiger partial charge in [-0.2, -0.15) is 0 Å². The Labute approximate surface area is 146 Å². The van der Waals surface area contributed by atoms with Gasteiger partial charge in [0.1, 0.15) is 0 Å². The van der Waals surface area contributed by atoms with Crippen molar-refractivity contribution in [3.8, 4) is 11.3 Å². The maximum atomic E-state index is 4.65. The minimum absolute atomic E-state index is 0.528. The Morgan fingerprint density at radius 1 is 1.04 bits per heavy atom. The molecule has 1 saturated carbocycles. The predicted molar refractivity (Wildman–Crippen MR) is 96.6 cm³/mol. The van der Waals surface area contributed by atoms with E-state index in [4.69, 9.17) is 0 Å². The van der Waals surface area contributed by atoms with Crippen LogP contribution >= 0.6 is 0 Å². The number of rotatable bonds is 6. The minimum Gasteiger partial charge on any atom is -0.357 e. The third-order valence-electron chi connectivity index (χ3n) is 4.12. The number of hydrogen-bond donors (Lipinski definition) is 2. The number of aromatic nitrogens is 5. The van der Waals surface area contributed by atoms with Gasteiger partial charge >= 0.3 is 0 Å². The monoisotopic (exact) mass is 333 g/mol. The van der Waals surface area contributed by atoms with E-state index in [-0.39, 0.29) is 0 Å². The fraction of sp³-hybridized carbons (Fsp3) is 0.278. The molecule has 126 valence electrons. The molecule has 7 nitrogen and oxygen atoms in total. The van der Waals surface area contributed by atoms with Crippen LogP contribution in [0, 0.1) is 5.92 Å². The van der Waals surface area contributed by atoms with Crippen molar-refractivity contribution in [2.45, 2.75) is 19.3 Å². The van der Waals surface area contributed by atoms with Gasteiger partial charge in [-0.3, -0.25) is 4.98 Å². The van der Waals surface area contributed by atoms with Crippen molar-refractivity contribution in [2.24, 2.45) is 5.92 Å². The molecule has 0 amide bonds. The smallest absolute Gasteiger partial charge is 0.227 e. The highest BCUT2D eigenvalue weighted by molar-refractivity contribution is 5.64. The summed E-state index contributed by atoms with van der Waals surface area (Å²) in [4.78, 5) is 22.0. The first kappa shape index (κ1) is 15.4. The van der Waals surface area contributed by atoms with Gasteiger partial charge in [-0.25, -0.2) is 19.9 Å². The number of nitrogens with zero attached hydrogens (tertiary/aromatic N) is 5. The molecule has 0 atom stereocenters. The SMILES string of the molecule is CNc1ncc(-c2ccnc(Nc3cccnc3)n2)c(CC2CC2)n1. The molecule has 3 heterocycles. The van der Waals surface area contributed by atoms with Crippen LogP contribution in [0.2, 0.25) is 0 Å². The van der Waals surface area contributed by atoms with Crippen LogP contribution in [0.1, 0.15) is 18.5 Å². The van der Waals surface area contributed by atoms with Gasteiger partial charge in [-0.15, -0.1) is 0 Å². The van der Waals surface area contributed by atoms with Crippen molar-refractivity contribution in [3.63, 3.8) is 0 Å². The molecule has 25 heavy (non-hydrogen) atoms. The Hall–Kier alpha value is -3.09. The van der Waals surface area contributed by atoms with Crippen LogP contribution in [0.25, 0.3) is 11.3 Å². The van der Waals surface area contributed by atoms with Crippen LogP contribution in [-0.4, -0.2) is 32.0 Å². The van der Waals surface area contributed by atoms with Crippen LogP contribution in [0.15, 0.2) is 43.0 Å². The Kier molecular flexibility index (Phi) is 4.20. The molecule has 0 saturated heterocycles. The van der Waals surface area contributed by atoms with Gasteiger partial charge < -0.3 is 10.6 Å². The fourth-order valence-corrected chi connectivity index (χ4v) is 2.64. The van der Waals surface area contributed by atoms with Gasteiger partial charge in [0.25, 0.3) is 0 Å². The third-order valence-corrected chi connectivity index (χ3v) is 4.12. The van der Waals surface area contributed by atoms with Crippen LogP contribution < -0.4 is 10.6 Å². The van der Waals surface area contributed by atoms with E-state index >= 15 is 0 Å². The zero-order chi connectivity index (χ0) is 17.1. The Morgan fingerprint density at radius 2 is 1.96 bits per heavy atom. The molecule has 0 bridgehead atoms. The van der Waals surface area contributed by atoms with Gasteiger partial charge in [0.05, 0.1) is 23.3 Å². The highest BCUT2D eigenvalue weighted by Crippen LogP contribution is 2.35. The quantitative estimate of drug-likeness (QED) is 0.716. The Bertz CT molecular complexity index is 862. The summed E-state index contributed by atoms with van der Waals surface area (Å²) in [6, 6.07) is 5.68. The molecule has 1 aliphatic rings. The standard InChI is InChI=1S/C18H19N7/c1-19-17-22-11-14(16(25-17)9-12-4-5-12)15-6-8-21-18(24-15)23-13-3-2-7-20-10-13/h2-3,6-8,10-12H,4-5,9H2,1H3,(H,19,22,25)(H,21,23,24). The summed E-state index contributed by atoms with van der Waals surface area (Å²) in [6.45, 7) is 0. The van der Waals surface area contributed by atoms with E-state index in [1.54, 1.807) is 18.6 Å². The van der Waals surface area contributed by atoms with E-state index in [2.05, 4.69) is 35.6 Å². The zero-order valence-corrected chi connectivity index (χ0v) is 14.0. The molecule has 1 fully saturated rings. The summed E-state index contributed by atoms with van der Waals surface area (Å²) >= 11 is 0. The summed E-state index contributed by atoms with van der Waals surface area (Å²) in [5.41, 5.74) is 3.66. The summed E-state index contributed by atoms with van der Waals surface area (Å²) < 4.78 is 0. The molecule has 7 heteroatoms. The average Bonchev–Trinajstić information content (AvgIpc) is 3.47. The molecule has 0 radical (unpaired) electrons. The van der Waals surface area contributed by atoms with E-state index in [0.29, 0.717) is 11.9 Å². The molecular weight excluding hydrogens is 314 g/mol. The van der Waals surface area contributed by atoms with Gasteiger partial charge in [0.2, 0.25) is 11.9 Å². The normalized spacial score (nSPS) is 13.5. The fourth-order valence-electron chi connectivity index (χ4n) is 2.64. The van der Waals surface area contributed by atoms with E-state index in [0.717, 1.165) is 35.0 Å². The second-order valence-electron chi connectivity index (χ2n) is 6.08. The van der Waals surface area contributed by atoms with Gasteiger partial charge in [0, 0.05) is 31.2 Å². The van der Waals surface area contributed by atoms with Crippen LogP contribution in [0.4, 0.5) is 17.6 Å². The summed E-state index contributed by atoms with van der Waals surface area (Å²) in [6.07, 6.45) is 10.6. The number of nitrogens with one attached hydrogen (secondary N) is 2. The van der Waals surface area contributed by atoms with Crippen molar-refractivity contribution in [3.05, 3.63) is 48.7 Å². The summed E-state index contributed by atoms with van der Waals surface area (Å²) in [5.74, 6) is 1.90. The summed E-state index contributed by atoms with van der Waals surface area (Å²) in [5, 5.41) is 6.18. The molecule has 3 aromatic rings. The first-order valence-corrected chi connectivity index (χ1v) is 8.36. The Morgan fingerprint density at radius 3 is 2.72 bits per heavy atom. The first-order valence-electron chi connectivity index (χ1n) is 8.36. The molecule has 1 aliphatic carbocycles. The molecular formula is C18H19N7. The summed E-state index contributed by atoms with van der Waals surface area (Å²) in [7, 11) is 1.83. The highest BCUT2D eigenvalue weighted by Gasteiger charge is 2.24. The molecule has 0 aliphatic heterocycles.